The molecule has 1 aromatic heterocycles. The molecule has 0 amide bonds. The molecule has 0 spiro atoms. The maximum atomic E-state index is 12.4. The number of hydrogen-bond acceptors (Lipinski definition) is 6. The zero-order chi connectivity index (χ0) is 22.2. The number of aromatic nitrogens is 2. The number of halogens is 1. The van der Waals surface area contributed by atoms with Crippen molar-refractivity contribution in [2.45, 2.75) is 25.0 Å². The lowest BCUT2D eigenvalue weighted by atomic mass is 10.0. The highest BCUT2D eigenvalue weighted by Crippen LogP contribution is 2.30. The summed E-state index contributed by atoms with van der Waals surface area (Å²) in [4.78, 5) is 17.4. The number of nitrogens with one attached hydrogen (secondary N) is 2. The Balaban J connectivity index is 0.00000289. The van der Waals surface area contributed by atoms with Crippen molar-refractivity contribution >= 4 is 39.2 Å². The second-order valence-corrected chi connectivity index (χ2v) is 9.76. The lowest BCUT2D eigenvalue weighted by Crippen LogP contribution is -2.39. The Morgan fingerprint density at radius 2 is 1.88 bits per heavy atom. The summed E-state index contributed by atoms with van der Waals surface area (Å²) in [6.07, 6.45) is 1.72. The first-order valence-corrected chi connectivity index (χ1v) is 12.0. The number of phenolic OH excluding ortho intramolecular Hbond substituents is 1. The molecule has 0 bridgehead atoms. The van der Waals surface area contributed by atoms with E-state index < -0.39 is 16.1 Å². The smallest absolute Gasteiger partial charge is 0.326 e. The molecule has 0 radical (unpaired) electrons. The topological polar surface area (TPSA) is 128 Å². The van der Waals surface area contributed by atoms with E-state index in [-0.39, 0.29) is 35.6 Å². The molecule has 4 N–H and O–H groups in total. The fourth-order valence-corrected chi connectivity index (χ4v) is 4.75. The van der Waals surface area contributed by atoms with Crippen molar-refractivity contribution in [1.29, 1.82) is 0 Å². The zero-order valence-corrected chi connectivity index (χ0v) is 19.2. The number of fused-ring (bicyclic) bond motifs is 1. The lowest BCUT2D eigenvalue weighted by molar-refractivity contribution is 0.0907. The number of rotatable bonds is 6. The van der Waals surface area contributed by atoms with E-state index in [1.54, 1.807) is 6.07 Å². The number of aromatic amines is 1. The van der Waals surface area contributed by atoms with Gasteiger partial charge in [-0.25, -0.2) is 13.2 Å². The van der Waals surface area contributed by atoms with E-state index in [2.05, 4.69) is 14.6 Å². The second-order valence-electron chi connectivity index (χ2n) is 8.02. The monoisotopic (exact) mass is 482 g/mol. The molecule has 1 saturated heterocycles. The number of para-hydroxylation sites is 2. The van der Waals surface area contributed by atoms with Crippen LogP contribution < -0.4 is 10.4 Å². The van der Waals surface area contributed by atoms with Crippen molar-refractivity contribution in [3.8, 4) is 5.75 Å². The largest absolute Gasteiger partial charge is 0.506 e. The van der Waals surface area contributed by atoms with Crippen molar-refractivity contribution in [1.82, 2.24) is 14.5 Å². The lowest BCUT2D eigenvalue weighted by Gasteiger charge is -2.33. The van der Waals surface area contributed by atoms with Gasteiger partial charge in [0.25, 0.3) is 0 Å². The molecule has 2 aromatic carbocycles. The predicted molar refractivity (Wildman–Crippen MR) is 126 cm³/mol. The van der Waals surface area contributed by atoms with Gasteiger partial charge in [0.15, 0.2) is 0 Å². The van der Waals surface area contributed by atoms with Gasteiger partial charge in [-0.1, -0.05) is 18.2 Å². The van der Waals surface area contributed by atoms with Gasteiger partial charge in [0.05, 0.1) is 29.1 Å². The number of aliphatic hydroxyl groups is 1. The van der Waals surface area contributed by atoms with Crippen LogP contribution in [0.4, 0.5) is 5.69 Å². The molecular formula is C21H27ClN4O5S. The average Bonchev–Trinajstić information content (AvgIpc) is 3.05. The maximum absolute atomic E-state index is 12.4. The number of aliphatic hydroxyl groups excluding tert-OH is 1. The summed E-state index contributed by atoms with van der Waals surface area (Å²) in [6.45, 7) is 1.82. The number of benzene rings is 2. The van der Waals surface area contributed by atoms with E-state index in [0.717, 1.165) is 43.2 Å². The molecule has 9 nitrogen and oxygen atoms in total. The number of piperidine rings is 1. The molecule has 174 valence electrons. The molecule has 1 unspecified atom stereocenters. The Labute approximate surface area is 192 Å². The maximum Gasteiger partial charge on any atom is 0.326 e. The van der Waals surface area contributed by atoms with E-state index in [9.17, 15) is 23.4 Å². The number of aromatic hydroxyl groups is 1. The molecule has 1 aliphatic rings. The number of nitrogens with zero attached hydrogens (tertiary/aromatic N) is 2. The molecule has 1 fully saturated rings. The third-order valence-corrected chi connectivity index (χ3v) is 6.27. The van der Waals surface area contributed by atoms with Crippen molar-refractivity contribution in [2.75, 3.05) is 30.6 Å². The standard InChI is InChI=1S/C21H26N4O5S.ClH/c1-31(29,30)23-17-12-14(6-7-19(17)26)20(27)13-24-10-8-15(9-11-24)25-18-5-3-2-4-16(18)22-21(25)28;/h2-7,12,15,20,23,26-27H,8-11,13H2,1H3,(H,22,28);1H. The molecular weight excluding hydrogens is 456 g/mol. The molecule has 2 heterocycles. The van der Waals surface area contributed by atoms with Crippen LogP contribution in [0.1, 0.15) is 30.6 Å². The Bertz CT molecular complexity index is 1250. The fourth-order valence-electron chi connectivity index (χ4n) is 4.19. The summed E-state index contributed by atoms with van der Waals surface area (Å²) < 4.78 is 27.0. The fraction of sp³-hybridized carbons (Fsp3) is 0.381. The Hall–Kier alpha value is -2.53. The highest BCUT2D eigenvalue weighted by Gasteiger charge is 2.25. The van der Waals surface area contributed by atoms with Gasteiger partial charge in [-0.05, 0) is 42.7 Å². The van der Waals surface area contributed by atoms with Crippen LogP contribution in [0.15, 0.2) is 47.3 Å². The van der Waals surface area contributed by atoms with Crippen LogP contribution in [0, 0.1) is 0 Å². The molecule has 1 aliphatic heterocycles. The Morgan fingerprint density at radius 1 is 1.19 bits per heavy atom. The number of anilines is 1. The highest BCUT2D eigenvalue weighted by molar-refractivity contribution is 7.92. The van der Waals surface area contributed by atoms with Crippen molar-refractivity contribution in [3.05, 3.63) is 58.5 Å². The van der Waals surface area contributed by atoms with Gasteiger partial charge in [0.2, 0.25) is 10.0 Å². The van der Waals surface area contributed by atoms with Crippen LogP contribution in [0.5, 0.6) is 5.75 Å². The first kappa shape index (κ1) is 24.1. The van der Waals surface area contributed by atoms with Gasteiger partial charge in [0, 0.05) is 25.7 Å². The highest BCUT2D eigenvalue weighted by atomic mass is 35.5. The van der Waals surface area contributed by atoms with Crippen LogP contribution in [0.3, 0.4) is 0 Å². The normalized spacial score (nSPS) is 16.6. The van der Waals surface area contributed by atoms with E-state index >= 15 is 0 Å². The van der Waals surface area contributed by atoms with Crippen LogP contribution in [0.25, 0.3) is 11.0 Å². The molecule has 0 aliphatic carbocycles. The van der Waals surface area contributed by atoms with E-state index in [1.807, 2.05) is 28.8 Å². The van der Waals surface area contributed by atoms with Crippen LogP contribution in [0.2, 0.25) is 0 Å². The van der Waals surface area contributed by atoms with Crippen molar-refractivity contribution in [3.63, 3.8) is 0 Å². The molecule has 1 atom stereocenters. The van der Waals surface area contributed by atoms with Gasteiger partial charge < -0.3 is 20.1 Å². The quantitative estimate of drug-likeness (QED) is 0.399. The predicted octanol–water partition coefficient (Wildman–Crippen LogP) is 2.20. The number of phenols is 1. The van der Waals surface area contributed by atoms with Crippen LogP contribution in [-0.4, -0.2) is 59.0 Å². The molecule has 32 heavy (non-hydrogen) atoms. The number of hydrogen-bond donors (Lipinski definition) is 4. The summed E-state index contributed by atoms with van der Waals surface area (Å²) in [5.41, 5.74) is 2.18. The number of sulfonamides is 1. The zero-order valence-electron chi connectivity index (χ0n) is 17.6. The van der Waals surface area contributed by atoms with Crippen molar-refractivity contribution < 1.29 is 18.6 Å². The van der Waals surface area contributed by atoms with Gasteiger partial charge >= 0.3 is 5.69 Å². The van der Waals surface area contributed by atoms with Gasteiger partial charge in [0.1, 0.15) is 5.75 Å². The summed E-state index contributed by atoms with van der Waals surface area (Å²) in [5.74, 6) is -0.202. The second kappa shape index (κ2) is 9.53. The third-order valence-electron chi connectivity index (χ3n) is 5.68. The summed E-state index contributed by atoms with van der Waals surface area (Å²) >= 11 is 0. The summed E-state index contributed by atoms with van der Waals surface area (Å²) in [7, 11) is -3.55. The third kappa shape index (κ3) is 5.26. The van der Waals surface area contributed by atoms with Gasteiger partial charge in [-0.15, -0.1) is 12.4 Å². The minimum atomic E-state index is -3.55. The average molecular weight is 483 g/mol. The minimum Gasteiger partial charge on any atom is -0.506 e. The van der Waals surface area contributed by atoms with Crippen LogP contribution in [-0.2, 0) is 10.0 Å². The van der Waals surface area contributed by atoms with Gasteiger partial charge in [-0.2, -0.15) is 0 Å². The molecule has 0 saturated carbocycles. The number of H-pyrrole nitrogens is 1. The Kier molecular flexibility index (Phi) is 7.19. The molecule has 11 heteroatoms. The van der Waals surface area contributed by atoms with Crippen LogP contribution >= 0.6 is 12.4 Å². The number of imidazole rings is 1. The van der Waals surface area contributed by atoms with Crippen molar-refractivity contribution in [2.24, 2.45) is 0 Å². The minimum absolute atomic E-state index is 0. The Morgan fingerprint density at radius 3 is 2.56 bits per heavy atom. The first-order valence-electron chi connectivity index (χ1n) is 10.1. The first-order chi connectivity index (χ1) is 14.7. The number of β-amino-alcohol motifs (C(OH)–C–C–N with tert-alkyl or cyclic N) is 1. The molecule has 4 rings (SSSR count). The molecule has 3 aromatic rings. The summed E-state index contributed by atoms with van der Waals surface area (Å²) in [5, 5.41) is 20.5. The summed E-state index contributed by atoms with van der Waals surface area (Å²) in [6, 6.07) is 12.1. The number of likely N-dealkylation sites (tertiary alicyclic amines) is 1. The van der Waals surface area contributed by atoms with E-state index in [1.165, 1.54) is 12.1 Å². The SMILES string of the molecule is CS(=O)(=O)Nc1cc(C(O)CN2CCC(n3c(=O)[nH]c4ccccc43)CC2)ccc1O.Cl. The van der Waals surface area contributed by atoms with Gasteiger partial charge in [-0.3, -0.25) is 9.29 Å². The van der Waals surface area contributed by atoms with E-state index in [4.69, 9.17) is 0 Å². The van der Waals surface area contributed by atoms with E-state index in [0.29, 0.717) is 12.1 Å².